The quantitative estimate of drug-likeness (QED) is 0.358. The molecule has 0 unspecified atom stereocenters. The number of nitro groups is 1. The van der Waals surface area contributed by atoms with Crippen molar-refractivity contribution in [2.75, 3.05) is 43.1 Å². The summed E-state index contributed by atoms with van der Waals surface area (Å²) in [7, 11) is 0. The normalized spacial score (nSPS) is 10.3. The average Bonchev–Trinajstić information content (AvgIpc) is 2.45. The van der Waals surface area contributed by atoms with Crippen molar-refractivity contribution in [2.24, 2.45) is 0 Å². The van der Waals surface area contributed by atoms with Crippen LogP contribution in [0.3, 0.4) is 0 Å². The van der Waals surface area contributed by atoms with Gasteiger partial charge >= 0.3 is 0 Å². The lowest BCUT2D eigenvalue weighted by molar-refractivity contribution is -0.383. The maximum atomic E-state index is 11.1. The first-order valence-electron chi connectivity index (χ1n) is 6.63. The van der Waals surface area contributed by atoms with E-state index in [1.54, 1.807) is 12.1 Å². The lowest BCUT2D eigenvalue weighted by Crippen LogP contribution is -2.26. The lowest BCUT2D eigenvalue weighted by Gasteiger charge is -2.22. The molecule has 0 radical (unpaired) electrons. The van der Waals surface area contributed by atoms with Gasteiger partial charge in [0.2, 0.25) is 0 Å². The van der Waals surface area contributed by atoms with Crippen LogP contribution < -0.4 is 10.2 Å². The van der Waals surface area contributed by atoms with E-state index in [4.69, 9.17) is 10.2 Å². The smallest absolute Gasteiger partial charge is 0.294 e. The van der Waals surface area contributed by atoms with Crippen LogP contribution in [0, 0.1) is 10.1 Å². The zero-order valence-corrected chi connectivity index (χ0v) is 11.6. The van der Waals surface area contributed by atoms with Gasteiger partial charge in [-0.1, -0.05) is 0 Å². The molecular weight excluding hydrogens is 262 g/mol. The molecule has 7 nitrogen and oxygen atoms in total. The van der Waals surface area contributed by atoms with Crippen LogP contribution in [-0.2, 0) is 0 Å². The van der Waals surface area contributed by atoms with Crippen molar-refractivity contribution in [3.8, 4) is 0 Å². The molecule has 0 atom stereocenters. The van der Waals surface area contributed by atoms with Crippen molar-refractivity contribution in [3.05, 3.63) is 28.3 Å². The maximum absolute atomic E-state index is 11.1. The number of hydrogen-bond acceptors (Lipinski definition) is 6. The number of rotatable bonds is 9. The number of aliphatic hydroxyl groups is 2. The fourth-order valence-corrected chi connectivity index (χ4v) is 1.91. The zero-order valence-electron chi connectivity index (χ0n) is 11.6. The van der Waals surface area contributed by atoms with Crippen LogP contribution in [0.5, 0.6) is 0 Å². The molecule has 0 aromatic heterocycles. The molecule has 0 aliphatic rings. The summed E-state index contributed by atoms with van der Waals surface area (Å²) >= 11 is 0. The first-order chi connectivity index (χ1) is 9.63. The summed E-state index contributed by atoms with van der Waals surface area (Å²) in [6.07, 6.45) is 0.532. The number of nitrogens with zero attached hydrogens (tertiary/aromatic N) is 2. The zero-order chi connectivity index (χ0) is 15.0. The summed E-state index contributed by atoms with van der Waals surface area (Å²) in [4.78, 5) is 12.6. The van der Waals surface area contributed by atoms with Crippen LogP contribution in [0.2, 0.25) is 0 Å². The van der Waals surface area contributed by atoms with Crippen molar-refractivity contribution in [1.82, 2.24) is 0 Å². The van der Waals surface area contributed by atoms with Crippen molar-refractivity contribution >= 4 is 17.1 Å². The second-order valence-corrected chi connectivity index (χ2v) is 4.27. The third-order valence-electron chi connectivity index (χ3n) is 2.95. The number of nitrogens with one attached hydrogen (secondary N) is 1. The number of aliphatic hydroxyl groups excluding tert-OH is 2. The molecule has 0 saturated carbocycles. The molecule has 0 aliphatic heterocycles. The van der Waals surface area contributed by atoms with Crippen LogP contribution in [0.4, 0.5) is 17.1 Å². The number of nitro benzene ring substituents is 1. The number of likely N-dealkylation sites (N-methyl/N-ethyl adjacent to an activating group) is 1. The third-order valence-corrected chi connectivity index (χ3v) is 2.95. The Morgan fingerprint density at radius 2 is 2.10 bits per heavy atom. The summed E-state index contributed by atoms with van der Waals surface area (Å²) in [6, 6.07) is 4.94. The molecule has 3 N–H and O–H groups in total. The second-order valence-electron chi connectivity index (χ2n) is 4.27. The maximum Gasteiger partial charge on any atom is 0.294 e. The predicted octanol–water partition coefficient (Wildman–Crippen LogP) is 1.21. The molecule has 112 valence electrons. The topological polar surface area (TPSA) is 98.9 Å². The summed E-state index contributed by atoms with van der Waals surface area (Å²) in [6.45, 7) is 3.54. The largest absolute Gasteiger partial charge is 0.396 e. The molecule has 0 aliphatic carbocycles. The Morgan fingerprint density at radius 1 is 1.35 bits per heavy atom. The van der Waals surface area contributed by atoms with Crippen molar-refractivity contribution in [3.63, 3.8) is 0 Å². The van der Waals surface area contributed by atoms with E-state index in [-0.39, 0.29) is 18.9 Å². The van der Waals surface area contributed by atoms with Gasteiger partial charge in [-0.05, 0) is 25.5 Å². The van der Waals surface area contributed by atoms with Crippen molar-refractivity contribution < 1.29 is 15.1 Å². The van der Waals surface area contributed by atoms with Gasteiger partial charge in [0.1, 0.15) is 5.69 Å². The highest BCUT2D eigenvalue weighted by molar-refractivity contribution is 5.68. The molecule has 7 heteroatoms. The Kier molecular flexibility index (Phi) is 6.75. The molecule has 0 saturated heterocycles. The minimum absolute atomic E-state index is 0.00185. The molecule has 1 rings (SSSR count). The van der Waals surface area contributed by atoms with Crippen molar-refractivity contribution in [2.45, 2.75) is 13.3 Å². The van der Waals surface area contributed by atoms with Gasteiger partial charge in [-0.25, -0.2) is 0 Å². The van der Waals surface area contributed by atoms with Gasteiger partial charge < -0.3 is 20.4 Å². The van der Waals surface area contributed by atoms with Crippen LogP contribution in [0.1, 0.15) is 13.3 Å². The fraction of sp³-hybridized carbons (Fsp3) is 0.538. The van der Waals surface area contributed by atoms with Gasteiger partial charge in [-0.15, -0.1) is 0 Å². The van der Waals surface area contributed by atoms with E-state index < -0.39 is 4.92 Å². The van der Waals surface area contributed by atoms with Gasteiger partial charge in [0, 0.05) is 38.0 Å². The second kappa shape index (κ2) is 8.34. The number of benzene rings is 1. The van der Waals surface area contributed by atoms with Crippen LogP contribution in [-0.4, -0.2) is 48.0 Å². The van der Waals surface area contributed by atoms with Gasteiger partial charge in [-0.3, -0.25) is 10.1 Å². The number of anilines is 2. The van der Waals surface area contributed by atoms with E-state index in [0.717, 1.165) is 0 Å². The van der Waals surface area contributed by atoms with Gasteiger partial charge in [-0.2, -0.15) is 0 Å². The molecule has 0 amide bonds. The molecular formula is C13H21N3O4. The van der Waals surface area contributed by atoms with E-state index in [0.29, 0.717) is 37.4 Å². The van der Waals surface area contributed by atoms with Crippen molar-refractivity contribution in [1.29, 1.82) is 0 Å². The molecule has 0 heterocycles. The summed E-state index contributed by atoms with van der Waals surface area (Å²) in [5.41, 5.74) is 1.14. The third kappa shape index (κ3) is 4.36. The molecule has 0 bridgehead atoms. The number of hydrogen-bond donors (Lipinski definition) is 3. The monoisotopic (exact) mass is 283 g/mol. The highest BCUT2D eigenvalue weighted by Crippen LogP contribution is 2.29. The molecule has 1 aromatic rings. The molecule has 20 heavy (non-hydrogen) atoms. The van der Waals surface area contributed by atoms with Crippen LogP contribution in [0.15, 0.2) is 18.2 Å². The molecule has 1 aromatic carbocycles. The highest BCUT2D eigenvalue weighted by Gasteiger charge is 2.16. The van der Waals surface area contributed by atoms with Gasteiger partial charge in [0.25, 0.3) is 5.69 Å². The first-order valence-corrected chi connectivity index (χ1v) is 6.63. The summed E-state index contributed by atoms with van der Waals surface area (Å²) in [5.74, 6) is 0. The Hall–Kier alpha value is -1.86. The van der Waals surface area contributed by atoms with Crippen LogP contribution in [0.25, 0.3) is 0 Å². The highest BCUT2D eigenvalue weighted by atomic mass is 16.6. The summed E-state index contributed by atoms with van der Waals surface area (Å²) < 4.78 is 0. The standard InChI is InChI=1S/C13H21N3O4/c1-2-15(7-9-18)11-4-5-12(14-6-3-8-17)13(10-11)16(19)20/h4-5,10,14,17-18H,2-3,6-9H2,1H3. The van der Waals surface area contributed by atoms with Crippen LogP contribution >= 0.6 is 0 Å². The average molecular weight is 283 g/mol. The SMILES string of the molecule is CCN(CCO)c1ccc(NCCCO)c([N+](=O)[O-])c1. The van der Waals surface area contributed by atoms with E-state index in [2.05, 4.69) is 5.32 Å². The minimum Gasteiger partial charge on any atom is -0.396 e. The van der Waals surface area contributed by atoms with E-state index in [1.165, 1.54) is 6.07 Å². The first kappa shape index (κ1) is 16.2. The predicted molar refractivity (Wildman–Crippen MR) is 78.3 cm³/mol. The minimum atomic E-state index is -0.433. The molecule has 0 fully saturated rings. The van der Waals surface area contributed by atoms with E-state index in [1.807, 2.05) is 11.8 Å². The Morgan fingerprint density at radius 3 is 2.65 bits per heavy atom. The Bertz CT molecular complexity index is 440. The summed E-state index contributed by atoms with van der Waals surface area (Å²) in [5, 5.41) is 31.8. The van der Waals surface area contributed by atoms with Gasteiger partial charge in [0.05, 0.1) is 11.5 Å². The molecule has 0 spiro atoms. The lowest BCUT2D eigenvalue weighted by atomic mass is 10.2. The Labute approximate surface area is 118 Å². The fourth-order valence-electron chi connectivity index (χ4n) is 1.91. The van der Waals surface area contributed by atoms with E-state index in [9.17, 15) is 10.1 Å². The van der Waals surface area contributed by atoms with E-state index >= 15 is 0 Å². The van der Waals surface area contributed by atoms with Gasteiger partial charge in [0.15, 0.2) is 0 Å². The Balaban J connectivity index is 2.96.